The summed E-state index contributed by atoms with van der Waals surface area (Å²) < 4.78 is 0. The zero-order chi connectivity index (χ0) is 17.6. The molecule has 2 N–H and O–H groups in total. The van der Waals surface area contributed by atoms with E-state index >= 15 is 0 Å². The van der Waals surface area contributed by atoms with Gasteiger partial charge in [-0.15, -0.1) is 10.2 Å². The van der Waals surface area contributed by atoms with E-state index in [1.807, 2.05) is 0 Å². The van der Waals surface area contributed by atoms with E-state index in [2.05, 4.69) is 33.0 Å². The second-order valence-corrected chi connectivity index (χ2v) is 7.86. The smallest absolute Gasteiger partial charge is 0.321 e. The quantitative estimate of drug-likeness (QED) is 0.619. The molecule has 1 aliphatic heterocycles. The van der Waals surface area contributed by atoms with Crippen molar-refractivity contribution in [1.29, 1.82) is 0 Å². The monoisotopic (exact) mass is 361 g/mol. The number of allylic oxidation sites excluding steroid dienone is 2. The Kier molecular flexibility index (Phi) is 4.03. The molecule has 0 aromatic carbocycles. The van der Waals surface area contributed by atoms with Crippen LogP contribution in [0, 0.1) is 30.6 Å². The van der Waals surface area contributed by atoms with Crippen molar-refractivity contribution < 1.29 is 14.4 Å². The van der Waals surface area contributed by atoms with Crippen molar-refractivity contribution in [2.75, 3.05) is 18.4 Å². The average molecular weight is 361 g/mol. The maximum Gasteiger partial charge on any atom is 0.321 e. The number of nitrogens with one attached hydrogen (secondary N) is 2. The summed E-state index contributed by atoms with van der Waals surface area (Å²) in [5.74, 6) is -0.197. The summed E-state index contributed by atoms with van der Waals surface area (Å²) in [5, 5.41) is 14.0. The number of nitrogens with zero attached hydrogens (tertiary/aromatic N) is 3. The van der Waals surface area contributed by atoms with E-state index in [1.54, 1.807) is 6.92 Å². The van der Waals surface area contributed by atoms with Gasteiger partial charge in [0.1, 0.15) is 5.01 Å². The van der Waals surface area contributed by atoms with E-state index in [0.29, 0.717) is 5.13 Å². The average Bonchev–Trinajstić information content (AvgIpc) is 3.13. The van der Waals surface area contributed by atoms with E-state index in [1.165, 1.54) is 16.2 Å². The van der Waals surface area contributed by atoms with Crippen molar-refractivity contribution in [2.45, 2.75) is 19.8 Å². The number of aromatic nitrogens is 2. The van der Waals surface area contributed by atoms with Crippen LogP contribution in [0.2, 0.25) is 0 Å². The molecule has 4 aliphatic rings. The number of carbonyl (C=O) groups excluding carboxylic acids is 3. The summed E-state index contributed by atoms with van der Waals surface area (Å²) in [7, 11) is 0. The Morgan fingerprint density at radius 1 is 1.20 bits per heavy atom. The standard InChI is InChI=1S/C16H19N5O3S/c1-8-19-20-16(25-8)18-15(24)17-6-7-21-13(22)11-9-2-3-10(5-4-9)12(11)14(21)23/h2-3,9-12H,4-7H2,1H3,(H2,17,18,20,24)/t9-,10-,11+,12+/m0/s1. The highest BCUT2D eigenvalue weighted by Crippen LogP contribution is 2.49. The largest absolute Gasteiger partial charge is 0.336 e. The molecule has 2 heterocycles. The molecule has 1 aromatic rings. The zero-order valence-electron chi connectivity index (χ0n) is 13.8. The Labute approximate surface area is 148 Å². The lowest BCUT2D eigenvalue weighted by atomic mass is 9.63. The Hall–Kier alpha value is -2.29. The highest BCUT2D eigenvalue weighted by atomic mass is 32.1. The molecule has 3 aliphatic carbocycles. The van der Waals surface area contributed by atoms with E-state index < -0.39 is 6.03 Å². The van der Waals surface area contributed by atoms with Crippen LogP contribution in [-0.4, -0.2) is 46.0 Å². The summed E-state index contributed by atoms with van der Waals surface area (Å²) in [6, 6.07) is -0.422. The number of rotatable bonds is 4. The molecule has 4 amide bonds. The molecular formula is C16H19N5O3S. The van der Waals surface area contributed by atoms with Gasteiger partial charge in [-0.1, -0.05) is 23.5 Å². The number of fused-ring (bicyclic) bond motifs is 1. The molecule has 2 bridgehead atoms. The van der Waals surface area contributed by atoms with Gasteiger partial charge >= 0.3 is 6.03 Å². The first-order chi connectivity index (χ1) is 12.0. The first-order valence-corrected chi connectivity index (χ1v) is 9.25. The molecule has 2 fully saturated rings. The molecule has 1 saturated carbocycles. The van der Waals surface area contributed by atoms with Crippen LogP contribution in [-0.2, 0) is 9.59 Å². The van der Waals surface area contributed by atoms with Crippen molar-refractivity contribution >= 4 is 34.3 Å². The number of amides is 4. The van der Waals surface area contributed by atoms with Crippen LogP contribution in [0.15, 0.2) is 12.2 Å². The number of hydrogen-bond acceptors (Lipinski definition) is 6. The second-order valence-electron chi connectivity index (χ2n) is 6.68. The van der Waals surface area contributed by atoms with Crippen molar-refractivity contribution in [3.05, 3.63) is 17.2 Å². The van der Waals surface area contributed by atoms with Crippen LogP contribution >= 0.6 is 11.3 Å². The third kappa shape index (κ3) is 2.82. The van der Waals surface area contributed by atoms with Gasteiger partial charge in [-0.05, 0) is 31.6 Å². The van der Waals surface area contributed by atoms with Crippen LogP contribution in [0.3, 0.4) is 0 Å². The highest BCUT2D eigenvalue weighted by Gasteiger charge is 2.56. The summed E-state index contributed by atoms with van der Waals surface area (Å²) in [6.45, 7) is 2.21. The van der Waals surface area contributed by atoms with Gasteiger partial charge in [0.05, 0.1) is 11.8 Å². The molecule has 1 saturated heterocycles. The molecule has 4 atom stereocenters. The Bertz CT molecular complexity index is 729. The lowest BCUT2D eigenvalue weighted by molar-refractivity contribution is -0.140. The highest BCUT2D eigenvalue weighted by molar-refractivity contribution is 7.15. The molecule has 9 heteroatoms. The van der Waals surface area contributed by atoms with Crippen LogP contribution in [0.5, 0.6) is 0 Å². The first-order valence-electron chi connectivity index (χ1n) is 8.43. The fourth-order valence-electron chi connectivity index (χ4n) is 4.13. The SMILES string of the molecule is Cc1nnc(NC(=O)NCCN2C(=O)[C@H]3[C@H](C2=O)[C@H]2C=C[C@H]3CC2)s1. The van der Waals surface area contributed by atoms with Crippen molar-refractivity contribution in [3.8, 4) is 0 Å². The molecule has 25 heavy (non-hydrogen) atoms. The number of hydrogen-bond donors (Lipinski definition) is 2. The van der Waals surface area contributed by atoms with E-state index in [-0.39, 0.29) is 48.6 Å². The number of carbonyl (C=O) groups is 3. The third-order valence-corrected chi connectivity index (χ3v) is 5.97. The van der Waals surface area contributed by atoms with Crippen molar-refractivity contribution in [2.24, 2.45) is 23.7 Å². The number of urea groups is 1. The maximum atomic E-state index is 12.6. The van der Waals surface area contributed by atoms with Crippen LogP contribution < -0.4 is 10.6 Å². The number of likely N-dealkylation sites (tertiary alicyclic amines) is 1. The predicted octanol–water partition coefficient (Wildman–Crippen LogP) is 1.17. The number of imide groups is 1. The normalized spacial score (nSPS) is 29.9. The van der Waals surface area contributed by atoms with Crippen molar-refractivity contribution in [3.63, 3.8) is 0 Å². The molecule has 132 valence electrons. The minimum Gasteiger partial charge on any atom is -0.336 e. The van der Waals surface area contributed by atoms with E-state index in [0.717, 1.165) is 17.8 Å². The lowest BCUT2D eigenvalue weighted by Crippen LogP contribution is -2.40. The van der Waals surface area contributed by atoms with Crippen LogP contribution in [0.4, 0.5) is 9.93 Å². The molecule has 0 spiro atoms. The molecule has 5 rings (SSSR count). The molecule has 0 unspecified atom stereocenters. The summed E-state index contributed by atoms with van der Waals surface area (Å²) >= 11 is 1.28. The summed E-state index contributed by atoms with van der Waals surface area (Å²) in [5.41, 5.74) is 0. The van der Waals surface area contributed by atoms with Crippen molar-refractivity contribution in [1.82, 2.24) is 20.4 Å². The van der Waals surface area contributed by atoms with Crippen LogP contribution in [0.25, 0.3) is 0 Å². The van der Waals surface area contributed by atoms with Crippen LogP contribution in [0.1, 0.15) is 17.8 Å². The lowest BCUT2D eigenvalue weighted by Gasteiger charge is -2.38. The zero-order valence-corrected chi connectivity index (χ0v) is 14.6. The van der Waals surface area contributed by atoms with E-state index in [4.69, 9.17) is 0 Å². The Morgan fingerprint density at radius 2 is 1.84 bits per heavy atom. The van der Waals surface area contributed by atoms with Gasteiger partial charge in [-0.25, -0.2) is 4.79 Å². The molecule has 1 aromatic heterocycles. The van der Waals surface area contributed by atoms with Gasteiger partial charge in [0, 0.05) is 13.1 Å². The summed E-state index contributed by atoms with van der Waals surface area (Å²) in [6.07, 6.45) is 6.16. The topological polar surface area (TPSA) is 104 Å². The fraction of sp³-hybridized carbons (Fsp3) is 0.562. The minimum atomic E-state index is -0.422. The van der Waals surface area contributed by atoms with Gasteiger partial charge in [0.15, 0.2) is 0 Å². The maximum absolute atomic E-state index is 12.6. The molecular weight excluding hydrogens is 342 g/mol. The molecule has 0 radical (unpaired) electrons. The predicted molar refractivity (Wildman–Crippen MR) is 90.7 cm³/mol. The first kappa shape index (κ1) is 16.2. The van der Waals surface area contributed by atoms with Gasteiger partial charge < -0.3 is 5.32 Å². The number of aryl methyl sites for hydroxylation is 1. The fourth-order valence-corrected chi connectivity index (χ4v) is 4.71. The van der Waals surface area contributed by atoms with Gasteiger partial charge in [0.2, 0.25) is 16.9 Å². The third-order valence-electron chi connectivity index (χ3n) is 5.22. The van der Waals surface area contributed by atoms with Gasteiger partial charge in [-0.2, -0.15) is 0 Å². The Balaban J connectivity index is 1.32. The summed E-state index contributed by atoms with van der Waals surface area (Å²) in [4.78, 5) is 38.4. The number of anilines is 1. The minimum absolute atomic E-state index is 0.0870. The molecule has 8 nitrogen and oxygen atoms in total. The Morgan fingerprint density at radius 3 is 2.36 bits per heavy atom. The van der Waals surface area contributed by atoms with Gasteiger partial charge in [-0.3, -0.25) is 19.8 Å². The van der Waals surface area contributed by atoms with Gasteiger partial charge in [0.25, 0.3) is 0 Å². The second kappa shape index (κ2) is 6.21. The van der Waals surface area contributed by atoms with E-state index in [9.17, 15) is 14.4 Å².